The molecule has 0 heterocycles. The van der Waals surface area contributed by atoms with Gasteiger partial charge in [0.1, 0.15) is 6.61 Å². The summed E-state index contributed by atoms with van der Waals surface area (Å²) in [5.41, 5.74) is 1.12. The van der Waals surface area contributed by atoms with Crippen LogP contribution in [0.4, 0.5) is 0 Å². The first-order valence-electron chi connectivity index (χ1n) is 3.74. The molecular formula is C11H10O. The highest BCUT2D eigenvalue weighted by Crippen LogP contribution is 1.99. The fourth-order valence-electron chi connectivity index (χ4n) is 0.807. The molecule has 1 nitrogen and oxygen atoms in total. The first kappa shape index (κ1) is 8.58. The van der Waals surface area contributed by atoms with Crippen molar-refractivity contribution in [3.8, 4) is 11.8 Å². The van der Waals surface area contributed by atoms with Gasteiger partial charge >= 0.3 is 0 Å². The third-order valence-corrected chi connectivity index (χ3v) is 1.34. The van der Waals surface area contributed by atoms with Gasteiger partial charge in [-0.05, 0) is 17.7 Å². The molecule has 0 bridgehead atoms. The van der Waals surface area contributed by atoms with Crippen LogP contribution in [0.3, 0.4) is 0 Å². The molecule has 0 aliphatic rings. The first-order valence-corrected chi connectivity index (χ1v) is 3.74. The third-order valence-electron chi connectivity index (χ3n) is 1.34. The van der Waals surface area contributed by atoms with E-state index >= 15 is 0 Å². The van der Waals surface area contributed by atoms with Gasteiger partial charge in [0.05, 0.1) is 0 Å². The molecule has 0 spiro atoms. The van der Waals surface area contributed by atoms with Gasteiger partial charge < -0.3 is 5.11 Å². The summed E-state index contributed by atoms with van der Waals surface area (Å²) in [4.78, 5) is 0. The number of allylic oxidation sites excluding steroid dienone is 1. The smallest absolute Gasteiger partial charge is 0.104 e. The summed E-state index contributed by atoms with van der Waals surface area (Å²) >= 11 is 0. The molecule has 12 heavy (non-hydrogen) atoms. The van der Waals surface area contributed by atoms with Crippen molar-refractivity contribution in [3.05, 3.63) is 42.0 Å². The maximum atomic E-state index is 8.36. The molecule has 0 aliphatic carbocycles. The minimum atomic E-state index is -0.0842. The van der Waals surface area contributed by atoms with Gasteiger partial charge in [-0.25, -0.2) is 0 Å². The Bertz CT molecular complexity index is 301. The van der Waals surface area contributed by atoms with E-state index in [0.717, 1.165) is 5.56 Å². The van der Waals surface area contributed by atoms with Gasteiger partial charge in [-0.1, -0.05) is 42.2 Å². The van der Waals surface area contributed by atoms with E-state index < -0.39 is 0 Å². The van der Waals surface area contributed by atoms with Gasteiger partial charge in [0.2, 0.25) is 0 Å². The van der Waals surface area contributed by atoms with Gasteiger partial charge in [-0.2, -0.15) is 0 Å². The predicted molar refractivity (Wildman–Crippen MR) is 50.3 cm³/mol. The Morgan fingerprint density at radius 1 is 1.25 bits per heavy atom. The minimum Gasteiger partial charge on any atom is -0.384 e. The van der Waals surface area contributed by atoms with Crippen LogP contribution in [-0.2, 0) is 0 Å². The van der Waals surface area contributed by atoms with Crippen molar-refractivity contribution in [2.75, 3.05) is 6.61 Å². The average Bonchev–Trinajstić information content (AvgIpc) is 2.14. The Kier molecular flexibility index (Phi) is 3.70. The van der Waals surface area contributed by atoms with Crippen molar-refractivity contribution in [1.82, 2.24) is 0 Å². The molecule has 0 saturated heterocycles. The summed E-state index contributed by atoms with van der Waals surface area (Å²) in [6.45, 7) is -0.0842. The molecule has 0 aliphatic heterocycles. The molecular weight excluding hydrogens is 148 g/mol. The molecule has 0 amide bonds. The number of aliphatic hydroxyl groups excluding tert-OH is 1. The number of rotatable bonds is 1. The second kappa shape index (κ2) is 5.17. The van der Waals surface area contributed by atoms with E-state index in [1.165, 1.54) is 0 Å². The Morgan fingerprint density at radius 2 is 2.00 bits per heavy atom. The monoisotopic (exact) mass is 158 g/mol. The molecule has 0 saturated carbocycles. The standard InChI is InChI=1S/C11H10O/c12-10-6-2-5-9-11-7-3-1-4-8-11/h1,3-5,7-9,12H,10H2/b9-5+. The Balaban J connectivity index is 2.58. The normalized spacial score (nSPS) is 9.42. The summed E-state index contributed by atoms with van der Waals surface area (Å²) in [6.07, 6.45) is 3.63. The number of hydrogen-bond acceptors (Lipinski definition) is 1. The average molecular weight is 158 g/mol. The van der Waals surface area contributed by atoms with Gasteiger partial charge in [-0.3, -0.25) is 0 Å². The highest BCUT2D eigenvalue weighted by molar-refractivity contribution is 5.52. The van der Waals surface area contributed by atoms with E-state index in [1.54, 1.807) is 6.08 Å². The Hall–Kier alpha value is -1.52. The zero-order valence-corrected chi connectivity index (χ0v) is 6.70. The van der Waals surface area contributed by atoms with Crippen LogP contribution < -0.4 is 0 Å². The molecule has 0 radical (unpaired) electrons. The zero-order chi connectivity index (χ0) is 8.65. The summed E-state index contributed by atoms with van der Waals surface area (Å²) in [5.74, 6) is 5.24. The van der Waals surface area contributed by atoms with Crippen molar-refractivity contribution >= 4 is 6.08 Å². The van der Waals surface area contributed by atoms with Crippen LogP contribution in [0.2, 0.25) is 0 Å². The summed E-state index contributed by atoms with van der Waals surface area (Å²) in [6, 6.07) is 9.91. The van der Waals surface area contributed by atoms with Crippen LogP contribution in [0.15, 0.2) is 36.4 Å². The van der Waals surface area contributed by atoms with E-state index in [1.807, 2.05) is 36.4 Å². The number of hydrogen-bond donors (Lipinski definition) is 1. The van der Waals surface area contributed by atoms with Crippen LogP contribution in [0.25, 0.3) is 6.08 Å². The topological polar surface area (TPSA) is 20.2 Å². The van der Waals surface area contributed by atoms with Gasteiger partial charge in [0, 0.05) is 0 Å². The molecule has 0 atom stereocenters. The Labute approximate surface area is 72.4 Å². The molecule has 1 heteroatoms. The van der Waals surface area contributed by atoms with Gasteiger partial charge in [0.15, 0.2) is 0 Å². The minimum absolute atomic E-state index is 0.0842. The second-order valence-corrected chi connectivity index (χ2v) is 2.22. The predicted octanol–water partition coefficient (Wildman–Crippen LogP) is 1.70. The maximum Gasteiger partial charge on any atom is 0.104 e. The molecule has 0 fully saturated rings. The van der Waals surface area contributed by atoms with Crippen molar-refractivity contribution < 1.29 is 5.11 Å². The lowest BCUT2D eigenvalue weighted by Crippen LogP contribution is -1.69. The van der Waals surface area contributed by atoms with Crippen LogP contribution in [0, 0.1) is 11.8 Å². The Morgan fingerprint density at radius 3 is 2.67 bits per heavy atom. The molecule has 60 valence electrons. The van der Waals surface area contributed by atoms with Gasteiger partial charge in [0.25, 0.3) is 0 Å². The molecule has 0 aromatic heterocycles. The fraction of sp³-hybridized carbons (Fsp3) is 0.0909. The molecule has 0 unspecified atom stereocenters. The summed E-state index contributed by atoms with van der Waals surface area (Å²) < 4.78 is 0. The van der Waals surface area contributed by atoms with Crippen molar-refractivity contribution in [3.63, 3.8) is 0 Å². The van der Waals surface area contributed by atoms with E-state index in [4.69, 9.17) is 5.11 Å². The largest absolute Gasteiger partial charge is 0.384 e. The maximum absolute atomic E-state index is 8.36. The molecule has 1 aromatic rings. The SMILES string of the molecule is OCC#C/C=C/c1ccccc1. The highest BCUT2D eigenvalue weighted by Gasteiger charge is 1.78. The summed E-state index contributed by atoms with van der Waals surface area (Å²) in [5, 5.41) is 8.36. The van der Waals surface area contributed by atoms with Crippen LogP contribution in [-0.4, -0.2) is 11.7 Å². The molecule has 1 rings (SSSR count). The van der Waals surface area contributed by atoms with Crippen molar-refractivity contribution in [2.24, 2.45) is 0 Å². The highest BCUT2D eigenvalue weighted by atomic mass is 16.2. The first-order chi connectivity index (χ1) is 5.93. The zero-order valence-electron chi connectivity index (χ0n) is 6.70. The van der Waals surface area contributed by atoms with E-state index in [9.17, 15) is 0 Å². The van der Waals surface area contributed by atoms with Crippen LogP contribution in [0.1, 0.15) is 5.56 Å². The number of benzene rings is 1. The molecule has 1 aromatic carbocycles. The summed E-state index contributed by atoms with van der Waals surface area (Å²) in [7, 11) is 0. The number of aliphatic hydroxyl groups is 1. The lowest BCUT2D eigenvalue weighted by molar-refractivity contribution is 0.350. The fourth-order valence-corrected chi connectivity index (χ4v) is 0.807. The lowest BCUT2D eigenvalue weighted by atomic mass is 10.2. The van der Waals surface area contributed by atoms with Crippen LogP contribution >= 0.6 is 0 Å². The van der Waals surface area contributed by atoms with E-state index in [-0.39, 0.29) is 6.61 Å². The quantitative estimate of drug-likeness (QED) is 0.617. The van der Waals surface area contributed by atoms with Gasteiger partial charge in [-0.15, -0.1) is 0 Å². The lowest BCUT2D eigenvalue weighted by Gasteiger charge is -1.87. The third kappa shape index (κ3) is 3.05. The second-order valence-electron chi connectivity index (χ2n) is 2.22. The van der Waals surface area contributed by atoms with Crippen molar-refractivity contribution in [1.29, 1.82) is 0 Å². The van der Waals surface area contributed by atoms with Crippen LogP contribution in [0.5, 0.6) is 0 Å². The van der Waals surface area contributed by atoms with E-state index in [2.05, 4.69) is 11.8 Å². The molecule has 1 N–H and O–H groups in total. The van der Waals surface area contributed by atoms with Crippen molar-refractivity contribution in [2.45, 2.75) is 0 Å². The van der Waals surface area contributed by atoms with E-state index in [0.29, 0.717) is 0 Å².